The first-order valence-electron chi connectivity index (χ1n) is 5.28. The van der Waals surface area contributed by atoms with Gasteiger partial charge in [0.05, 0.1) is 10.5 Å². The molecule has 0 saturated heterocycles. The van der Waals surface area contributed by atoms with Crippen LogP contribution in [0.15, 0.2) is 12.1 Å². The van der Waals surface area contributed by atoms with Crippen LogP contribution in [-0.4, -0.2) is 17.4 Å². The van der Waals surface area contributed by atoms with Crippen molar-refractivity contribution in [3.05, 3.63) is 39.4 Å². The lowest BCUT2D eigenvalue weighted by Gasteiger charge is -1.97. The second kappa shape index (κ2) is 6.44. The van der Waals surface area contributed by atoms with Crippen molar-refractivity contribution >= 4 is 11.6 Å². The first kappa shape index (κ1) is 14.6. The highest BCUT2D eigenvalue weighted by atomic mass is 19.1. The van der Waals surface area contributed by atoms with Gasteiger partial charge in [-0.1, -0.05) is 11.8 Å². The second-order valence-electron chi connectivity index (χ2n) is 3.58. The Kier molecular flexibility index (Phi) is 4.94. The Bertz CT molecular complexity index is 576. The van der Waals surface area contributed by atoms with Crippen LogP contribution in [0.3, 0.4) is 0 Å². The van der Waals surface area contributed by atoms with E-state index in [0.717, 1.165) is 6.07 Å². The third-order valence-electron chi connectivity index (χ3n) is 2.08. The van der Waals surface area contributed by atoms with E-state index in [4.69, 9.17) is 0 Å². The van der Waals surface area contributed by atoms with Gasteiger partial charge < -0.3 is 5.32 Å². The molecule has 0 atom stereocenters. The fraction of sp³-hybridized carbons (Fsp3) is 0.250. The summed E-state index contributed by atoms with van der Waals surface area (Å²) in [4.78, 5) is 20.1. The first-order valence-corrected chi connectivity index (χ1v) is 5.28. The largest absolute Gasteiger partial charge is 0.355 e. The lowest BCUT2D eigenvalue weighted by molar-refractivity contribution is -0.387. The van der Waals surface area contributed by atoms with Gasteiger partial charge >= 0.3 is 5.69 Å². The van der Waals surface area contributed by atoms with Crippen molar-refractivity contribution < 1.29 is 18.5 Å². The van der Waals surface area contributed by atoms with Gasteiger partial charge in [-0.3, -0.25) is 14.9 Å². The molecule has 1 amide bonds. The zero-order chi connectivity index (χ0) is 14.4. The fourth-order valence-corrected chi connectivity index (χ4v) is 1.23. The van der Waals surface area contributed by atoms with E-state index in [9.17, 15) is 23.7 Å². The van der Waals surface area contributed by atoms with Gasteiger partial charge in [-0.05, 0) is 0 Å². The minimum Gasteiger partial charge on any atom is -0.355 e. The van der Waals surface area contributed by atoms with Gasteiger partial charge in [0.25, 0.3) is 0 Å². The molecule has 1 rings (SSSR count). The van der Waals surface area contributed by atoms with E-state index < -0.39 is 22.2 Å². The average Bonchev–Trinajstić information content (AvgIpc) is 2.30. The van der Waals surface area contributed by atoms with Crippen LogP contribution in [0.25, 0.3) is 0 Å². The molecule has 0 aromatic heterocycles. The summed E-state index contributed by atoms with van der Waals surface area (Å²) in [7, 11) is 0. The molecule has 0 aliphatic heterocycles. The highest BCUT2D eigenvalue weighted by molar-refractivity contribution is 5.72. The van der Waals surface area contributed by atoms with Gasteiger partial charge in [0.15, 0.2) is 0 Å². The van der Waals surface area contributed by atoms with Gasteiger partial charge in [-0.15, -0.1) is 0 Å². The first-order chi connectivity index (χ1) is 8.91. The van der Waals surface area contributed by atoms with Crippen molar-refractivity contribution in [3.63, 3.8) is 0 Å². The normalized spacial score (nSPS) is 9.42. The number of amides is 1. The highest BCUT2D eigenvalue weighted by Crippen LogP contribution is 2.20. The molecule has 1 aromatic carbocycles. The van der Waals surface area contributed by atoms with Crippen molar-refractivity contribution in [2.45, 2.75) is 13.3 Å². The van der Waals surface area contributed by atoms with Crippen LogP contribution < -0.4 is 5.32 Å². The molecule has 0 spiro atoms. The summed E-state index contributed by atoms with van der Waals surface area (Å²) in [6.07, 6.45) is 0.254. The summed E-state index contributed by atoms with van der Waals surface area (Å²) < 4.78 is 26.3. The Labute approximate surface area is 107 Å². The number of carbonyl (C=O) groups excluding carboxylic acids is 1. The number of nitro benzene ring substituents is 1. The van der Waals surface area contributed by atoms with Crippen molar-refractivity contribution in [2.24, 2.45) is 0 Å². The van der Waals surface area contributed by atoms with Gasteiger partial charge in [-0.25, -0.2) is 4.39 Å². The molecule has 1 aromatic rings. The number of halogens is 2. The van der Waals surface area contributed by atoms with Gasteiger partial charge in [0, 0.05) is 32.0 Å². The molecule has 0 bridgehead atoms. The smallest absolute Gasteiger partial charge is 0.306 e. The number of carbonyl (C=O) groups is 1. The minimum absolute atomic E-state index is 0.217. The topological polar surface area (TPSA) is 72.2 Å². The predicted octanol–water partition coefficient (Wildman–Crippen LogP) is 1.75. The Balaban J connectivity index is 2.84. The number of benzene rings is 1. The lowest BCUT2D eigenvalue weighted by Crippen LogP contribution is -2.20. The summed E-state index contributed by atoms with van der Waals surface area (Å²) in [5, 5.41) is 13.0. The molecular formula is C12H10F2N2O3. The van der Waals surface area contributed by atoms with E-state index >= 15 is 0 Å². The fourth-order valence-electron chi connectivity index (χ4n) is 1.23. The molecule has 0 fully saturated rings. The monoisotopic (exact) mass is 268 g/mol. The number of nitro groups is 1. The van der Waals surface area contributed by atoms with E-state index in [-0.39, 0.29) is 24.4 Å². The SMILES string of the molecule is CC(=O)NCCC#Cc1cc([N+](=O)[O-])c(F)cc1F. The molecular weight excluding hydrogens is 258 g/mol. The zero-order valence-electron chi connectivity index (χ0n) is 10.00. The third-order valence-corrected chi connectivity index (χ3v) is 2.08. The maximum atomic E-state index is 13.3. The van der Waals surface area contributed by atoms with E-state index in [1.54, 1.807) is 0 Å². The molecule has 7 heteroatoms. The van der Waals surface area contributed by atoms with Crippen molar-refractivity contribution in [2.75, 3.05) is 6.54 Å². The van der Waals surface area contributed by atoms with Crippen LogP contribution in [0.1, 0.15) is 18.9 Å². The van der Waals surface area contributed by atoms with Gasteiger partial charge in [0.2, 0.25) is 11.7 Å². The van der Waals surface area contributed by atoms with Crippen LogP contribution in [0, 0.1) is 33.6 Å². The number of hydrogen-bond donors (Lipinski definition) is 1. The highest BCUT2D eigenvalue weighted by Gasteiger charge is 2.17. The maximum absolute atomic E-state index is 13.3. The minimum atomic E-state index is -1.24. The van der Waals surface area contributed by atoms with Gasteiger partial charge in [0.1, 0.15) is 5.82 Å². The standard InChI is InChI=1S/C12H10F2N2O3/c1-8(17)15-5-3-2-4-9-6-12(16(18)19)11(14)7-10(9)13/h6-7H,3,5H2,1H3,(H,15,17). The third kappa shape index (κ3) is 4.35. The Morgan fingerprint density at radius 1 is 1.42 bits per heavy atom. The van der Waals surface area contributed by atoms with Crippen LogP contribution in [0.4, 0.5) is 14.5 Å². The maximum Gasteiger partial charge on any atom is 0.306 e. The number of hydrogen-bond acceptors (Lipinski definition) is 3. The van der Waals surface area contributed by atoms with E-state index in [2.05, 4.69) is 17.2 Å². The molecule has 0 aliphatic rings. The molecule has 0 saturated carbocycles. The molecule has 0 aliphatic carbocycles. The van der Waals surface area contributed by atoms with Crippen molar-refractivity contribution in [3.8, 4) is 11.8 Å². The molecule has 0 radical (unpaired) electrons. The number of nitrogens with zero attached hydrogens (tertiary/aromatic N) is 1. The van der Waals surface area contributed by atoms with Crippen LogP contribution >= 0.6 is 0 Å². The average molecular weight is 268 g/mol. The predicted molar refractivity (Wildman–Crippen MR) is 63.2 cm³/mol. The zero-order valence-corrected chi connectivity index (χ0v) is 10.00. The van der Waals surface area contributed by atoms with E-state index in [1.807, 2.05) is 0 Å². The quantitative estimate of drug-likeness (QED) is 0.393. The Hall–Kier alpha value is -2.49. The summed E-state index contributed by atoms with van der Waals surface area (Å²) in [6.45, 7) is 1.63. The van der Waals surface area contributed by atoms with Crippen molar-refractivity contribution in [1.82, 2.24) is 5.32 Å². The molecule has 19 heavy (non-hydrogen) atoms. The molecule has 1 N–H and O–H groups in total. The van der Waals surface area contributed by atoms with E-state index in [1.165, 1.54) is 6.92 Å². The van der Waals surface area contributed by atoms with Gasteiger partial charge in [-0.2, -0.15) is 4.39 Å². The summed E-state index contributed by atoms with van der Waals surface area (Å²) in [5.41, 5.74) is -1.08. The van der Waals surface area contributed by atoms with Crippen LogP contribution in [-0.2, 0) is 4.79 Å². The summed E-state index contributed by atoms with van der Waals surface area (Å²) in [5.74, 6) is 2.47. The Morgan fingerprint density at radius 3 is 2.68 bits per heavy atom. The second-order valence-corrected chi connectivity index (χ2v) is 3.58. The van der Waals surface area contributed by atoms with Crippen LogP contribution in [0.2, 0.25) is 0 Å². The summed E-state index contributed by atoms with van der Waals surface area (Å²) >= 11 is 0. The molecule has 0 unspecified atom stereocenters. The van der Waals surface area contributed by atoms with Crippen LogP contribution in [0.5, 0.6) is 0 Å². The summed E-state index contributed by atoms with van der Waals surface area (Å²) in [6, 6.07) is 1.17. The number of rotatable bonds is 3. The molecule has 0 heterocycles. The molecule has 5 nitrogen and oxygen atoms in total. The molecule has 100 valence electrons. The van der Waals surface area contributed by atoms with E-state index in [0.29, 0.717) is 6.07 Å². The lowest BCUT2D eigenvalue weighted by atomic mass is 10.2. The number of nitrogens with one attached hydrogen (secondary N) is 1. The Morgan fingerprint density at radius 2 is 2.11 bits per heavy atom. The van der Waals surface area contributed by atoms with Crippen molar-refractivity contribution in [1.29, 1.82) is 0 Å².